The maximum Gasteiger partial charge on any atom is 0.164 e. The minimum absolute atomic E-state index is 0.397. The zero-order chi connectivity index (χ0) is 22.2. The summed E-state index contributed by atoms with van der Waals surface area (Å²) in [6.45, 7) is 7.53. The van der Waals surface area contributed by atoms with Crippen LogP contribution in [0, 0.1) is 25.6 Å². The highest BCUT2D eigenvalue weighted by atomic mass is 19.1. The van der Waals surface area contributed by atoms with E-state index >= 15 is 0 Å². The van der Waals surface area contributed by atoms with Gasteiger partial charge in [-0.2, -0.15) is 5.10 Å². The van der Waals surface area contributed by atoms with Crippen molar-refractivity contribution in [2.45, 2.75) is 39.8 Å². The molecule has 0 aliphatic carbocycles. The zero-order valence-electron chi connectivity index (χ0n) is 18.7. The minimum atomic E-state index is -0.397. The summed E-state index contributed by atoms with van der Waals surface area (Å²) in [7, 11) is 2.18. The molecule has 0 atom stereocenters. The number of pyridine rings is 1. The molecule has 5 rings (SSSR count). The number of fused-ring (bicyclic) bond motifs is 1. The van der Waals surface area contributed by atoms with Gasteiger partial charge in [0.1, 0.15) is 23.0 Å². The van der Waals surface area contributed by atoms with E-state index in [9.17, 15) is 4.39 Å². The van der Waals surface area contributed by atoms with Gasteiger partial charge in [-0.3, -0.25) is 9.67 Å². The number of hydrogen-bond donors (Lipinski definition) is 0. The van der Waals surface area contributed by atoms with E-state index in [0.717, 1.165) is 36.5 Å². The van der Waals surface area contributed by atoms with E-state index in [2.05, 4.69) is 38.2 Å². The second-order valence-electron chi connectivity index (χ2n) is 8.76. The van der Waals surface area contributed by atoms with Crippen LogP contribution in [0.4, 0.5) is 4.39 Å². The lowest BCUT2D eigenvalue weighted by molar-refractivity contribution is 0.201. The summed E-state index contributed by atoms with van der Waals surface area (Å²) in [5.41, 5.74) is 3.91. The molecule has 9 heteroatoms. The third kappa shape index (κ3) is 4.12. The molecule has 0 aromatic carbocycles. The minimum Gasteiger partial charge on any atom is -0.306 e. The number of nitrogens with zero attached hydrogens (tertiary/aromatic N) is 8. The summed E-state index contributed by atoms with van der Waals surface area (Å²) in [4.78, 5) is 20.3. The third-order valence-corrected chi connectivity index (χ3v) is 6.15. The predicted molar refractivity (Wildman–Crippen MR) is 120 cm³/mol. The van der Waals surface area contributed by atoms with Crippen LogP contribution < -0.4 is 0 Å². The second kappa shape index (κ2) is 8.38. The van der Waals surface area contributed by atoms with E-state index < -0.39 is 5.82 Å². The number of halogens is 1. The SMILES string of the molecule is Cc1nc(C)c2nc(-c3cncc(F)c3)n(Cc3cnn(CC4CCN(C)CC4)c3)c2n1. The Labute approximate surface area is 186 Å². The zero-order valence-corrected chi connectivity index (χ0v) is 18.7. The average Bonchev–Trinajstić information content (AvgIpc) is 3.35. The quantitative estimate of drug-likeness (QED) is 0.480. The Bertz CT molecular complexity index is 1250. The van der Waals surface area contributed by atoms with E-state index in [1.165, 1.54) is 25.1 Å². The molecule has 0 spiro atoms. The second-order valence-corrected chi connectivity index (χ2v) is 8.76. The van der Waals surface area contributed by atoms with Gasteiger partial charge in [0.15, 0.2) is 5.65 Å². The molecule has 0 N–H and O–H groups in total. The van der Waals surface area contributed by atoms with Gasteiger partial charge in [0.25, 0.3) is 0 Å². The van der Waals surface area contributed by atoms with Gasteiger partial charge in [0.05, 0.1) is 24.6 Å². The van der Waals surface area contributed by atoms with Gasteiger partial charge >= 0.3 is 0 Å². The Hall–Kier alpha value is -3.20. The summed E-state index contributed by atoms with van der Waals surface area (Å²) >= 11 is 0. The van der Waals surface area contributed by atoms with Crippen LogP contribution in [-0.4, -0.2) is 59.3 Å². The summed E-state index contributed by atoms with van der Waals surface area (Å²) in [6.07, 6.45) is 9.21. The Balaban J connectivity index is 1.48. The van der Waals surface area contributed by atoms with Crippen LogP contribution in [-0.2, 0) is 13.1 Å². The maximum absolute atomic E-state index is 13.9. The molecule has 0 amide bonds. The lowest BCUT2D eigenvalue weighted by Gasteiger charge is -2.28. The van der Waals surface area contributed by atoms with Crippen LogP contribution in [0.3, 0.4) is 0 Å². The monoisotopic (exact) mass is 434 g/mol. The number of likely N-dealkylation sites (tertiary alicyclic amines) is 1. The predicted octanol–water partition coefficient (Wildman–Crippen LogP) is 3.23. The van der Waals surface area contributed by atoms with E-state index in [0.29, 0.717) is 35.2 Å². The number of imidazole rings is 1. The van der Waals surface area contributed by atoms with Crippen molar-refractivity contribution in [1.82, 2.24) is 39.2 Å². The van der Waals surface area contributed by atoms with Crippen LogP contribution >= 0.6 is 0 Å². The number of piperidine rings is 1. The van der Waals surface area contributed by atoms with Crippen molar-refractivity contribution in [2.75, 3.05) is 20.1 Å². The Kier molecular flexibility index (Phi) is 5.42. The molecule has 1 fully saturated rings. The van der Waals surface area contributed by atoms with Crippen LogP contribution in [0.25, 0.3) is 22.6 Å². The summed E-state index contributed by atoms with van der Waals surface area (Å²) in [5, 5.41) is 4.61. The lowest BCUT2D eigenvalue weighted by Crippen LogP contribution is -2.31. The summed E-state index contributed by atoms with van der Waals surface area (Å²) in [5.74, 6) is 1.56. The smallest absolute Gasteiger partial charge is 0.164 e. The fourth-order valence-electron chi connectivity index (χ4n) is 4.46. The van der Waals surface area contributed by atoms with E-state index in [4.69, 9.17) is 4.98 Å². The molecule has 166 valence electrons. The fourth-order valence-corrected chi connectivity index (χ4v) is 4.46. The Morgan fingerprint density at radius 3 is 2.66 bits per heavy atom. The fraction of sp³-hybridized carbons (Fsp3) is 0.435. The molecular formula is C23H27FN8. The maximum atomic E-state index is 13.9. The molecule has 4 aromatic heterocycles. The topological polar surface area (TPSA) is 77.5 Å². The van der Waals surface area contributed by atoms with Crippen molar-refractivity contribution < 1.29 is 4.39 Å². The molecule has 8 nitrogen and oxygen atoms in total. The average molecular weight is 435 g/mol. The van der Waals surface area contributed by atoms with Crippen molar-refractivity contribution in [1.29, 1.82) is 0 Å². The van der Waals surface area contributed by atoms with Crippen molar-refractivity contribution in [2.24, 2.45) is 5.92 Å². The first-order valence-electron chi connectivity index (χ1n) is 11.0. The first-order chi connectivity index (χ1) is 15.5. The lowest BCUT2D eigenvalue weighted by atomic mass is 9.97. The van der Waals surface area contributed by atoms with Crippen LogP contribution in [0.5, 0.6) is 0 Å². The molecule has 32 heavy (non-hydrogen) atoms. The van der Waals surface area contributed by atoms with Gasteiger partial charge in [0.2, 0.25) is 0 Å². The summed E-state index contributed by atoms with van der Waals surface area (Å²) in [6, 6.07) is 1.45. The molecule has 1 aliphatic heterocycles. The normalized spacial score (nSPS) is 15.6. The molecular weight excluding hydrogens is 407 g/mol. The van der Waals surface area contributed by atoms with Crippen molar-refractivity contribution in [3.05, 3.63) is 53.8 Å². The molecule has 0 radical (unpaired) electrons. The number of aryl methyl sites for hydroxylation is 2. The molecule has 1 saturated heterocycles. The van der Waals surface area contributed by atoms with E-state index in [1.54, 1.807) is 6.20 Å². The largest absolute Gasteiger partial charge is 0.306 e. The van der Waals surface area contributed by atoms with Gasteiger partial charge < -0.3 is 9.47 Å². The molecule has 0 saturated carbocycles. The number of rotatable bonds is 5. The standard InChI is InChI=1S/C23H27FN8/c1-15-21-23(28-16(2)27-15)32(22(29-21)19-8-20(24)11-25-10-19)14-18-9-26-31(13-18)12-17-4-6-30(3)7-5-17/h8-11,13,17H,4-7,12,14H2,1-3H3. The number of hydrogen-bond acceptors (Lipinski definition) is 6. The van der Waals surface area contributed by atoms with Gasteiger partial charge in [0, 0.05) is 30.1 Å². The molecule has 1 aliphatic rings. The highest BCUT2D eigenvalue weighted by Crippen LogP contribution is 2.26. The molecule has 0 unspecified atom stereocenters. The molecule has 4 aromatic rings. The van der Waals surface area contributed by atoms with Crippen LogP contribution in [0.2, 0.25) is 0 Å². The van der Waals surface area contributed by atoms with Gasteiger partial charge in [-0.05, 0) is 58.8 Å². The third-order valence-electron chi connectivity index (χ3n) is 6.15. The Morgan fingerprint density at radius 2 is 1.88 bits per heavy atom. The van der Waals surface area contributed by atoms with E-state index in [-0.39, 0.29) is 0 Å². The van der Waals surface area contributed by atoms with Crippen molar-refractivity contribution >= 4 is 11.2 Å². The van der Waals surface area contributed by atoms with Crippen molar-refractivity contribution in [3.8, 4) is 11.4 Å². The van der Waals surface area contributed by atoms with Gasteiger partial charge in [-0.1, -0.05) is 0 Å². The molecule has 0 bridgehead atoms. The van der Waals surface area contributed by atoms with Gasteiger partial charge in [-0.25, -0.2) is 19.3 Å². The van der Waals surface area contributed by atoms with Gasteiger partial charge in [-0.15, -0.1) is 0 Å². The van der Waals surface area contributed by atoms with Crippen LogP contribution in [0.15, 0.2) is 30.9 Å². The highest BCUT2D eigenvalue weighted by molar-refractivity contribution is 5.79. The van der Waals surface area contributed by atoms with E-state index in [1.807, 2.05) is 29.3 Å². The van der Waals surface area contributed by atoms with Crippen LogP contribution in [0.1, 0.15) is 29.9 Å². The molecule has 5 heterocycles. The van der Waals surface area contributed by atoms with Crippen molar-refractivity contribution in [3.63, 3.8) is 0 Å². The Morgan fingerprint density at radius 1 is 1.06 bits per heavy atom. The first-order valence-corrected chi connectivity index (χ1v) is 11.0. The number of aromatic nitrogens is 7. The highest BCUT2D eigenvalue weighted by Gasteiger charge is 2.20. The summed E-state index contributed by atoms with van der Waals surface area (Å²) < 4.78 is 18.0. The first kappa shape index (κ1) is 20.7.